The molecule has 1 unspecified atom stereocenters. The number of rotatable bonds is 0. The summed E-state index contributed by atoms with van der Waals surface area (Å²) < 4.78 is 2.45. The van der Waals surface area contributed by atoms with Crippen LogP contribution >= 0.6 is 11.6 Å². The van der Waals surface area contributed by atoms with E-state index in [1.165, 1.54) is 50.1 Å². The summed E-state index contributed by atoms with van der Waals surface area (Å²) in [6, 6.07) is 24.1. The molecule has 0 radical (unpaired) electrons. The Morgan fingerprint density at radius 1 is 0.769 bits per heavy atom. The highest BCUT2D eigenvalue weighted by atomic mass is 35.5. The summed E-state index contributed by atoms with van der Waals surface area (Å²) in [4.78, 5) is 0. The quantitative estimate of drug-likeness (QED) is 0.282. The fraction of sp³-hybridized carbons (Fsp3) is 0.0833. The Kier molecular flexibility index (Phi) is 2.84. The van der Waals surface area contributed by atoms with Gasteiger partial charge in [-0.15, -0.1) is 11.6 Å². The number of halogens is 1. The van der Waals surface area contributed by atoms with Crippen LogP contribution in [0.15, 0.2) is 72.8 Å². The number of hydrogen-bond acceptors (Lipinski definition) is 0. The van der Waals surface area contributed by atoms with E-state index in [9.17, 15) is 0 Å². The van der Waals surface area contributed by atoms with E-state index in [-0.39, 0.29) is 5.38 Å². The molecular formula is C24H16ClN. The van der Waals surface area contributed by atoms with Crippen molar-refractivity contribution in [2.24, 2.45) is 0 Å². The van der Waals surface area contributed by atoms with Crippen LogP contribution in [0.5, 0.6) is 0 Å². The molecule has 2 heterocycles. The van der Waals surface area contributed by atoms with Gasteiger partial charge in [-0.2, -0.15) is 0 Å². The highest BCUT2D eigenvalue weighted by Crippen LogP contribution is 2.46. The minimum absolute atomic E-state index is 0.0457. The first kappa shape index (κ1) is 14.4. The summed E-state index contributed by atoms with van der Waals surface area (Å²) in [5, 5.41) is 1.35. The maximum absolute atomic E-state index is 6.52. The second kappa shape index (κ2) is 5.12. The van der Waals surface area contributed by atoms with E-state index in [0.29, 0.717) is 0 Å². The molecule has 2 aliphatic rings. The van der Waals surface area contributed by atoms with Gasteiger partial charge in [0, 0.05) is 34.2 Å². The molecule has 0 bridgehead atoms. The maximum Gasteiger partial charge on any atom is 0.0616 e. The van der Waals surface area contributed by atoms with Crippen molar-refractivity contribution in [3.05, 3.63) is 84.1 Å². The minimum Gasteiger partial charge on any atom is -0.312 e. The summed E-state index contributed by atoms with van der Waals surface area (Å²) in [6.07, 6.45) is 5.17. The molecule has 1 aromatic heterocycles. The third-order valence-electron chi connectivity index (χ3n) is 5.64. The number of nitrogens with zero attached hydrogens (tertiary/aromatic N) is 1. The van der Waals surface area contributed by atoms with Gasteiger partial charge in [0.15, 0.2) is 0 Å². The molecule has 0 amide bonds. The summed E-state index contributed by atoms with van der Waals surface area (Å²) >= 11 is 6.52. The topological polar surface area (TPSA) is 4.93 Å². The van der Waals surface area contributed by atoms with Crippen molar-refractivity contribution in [2.45, 2.75) is 11.8 Å². The predicted molar refractivity (Wildman–Crippen MR) is 110 cm³/mol. The van der Waals surface area contributed by atoms with Crippen LogP contribution in [0.1, 0.15) is 11.3 Å². The highest BCUT2D eigenvalue weighted by Gasteiger charge is 2.27. The first-order valence-electron chi connectivity index (χ1n) is 9.00. The van der Waals surface area contributed by atoms with E-state index in [4.69, 9.17) is 11.6 Å². The normalized spacial score (nSPS) is 16.7. The largest absolute Gasteiger partial charge is 0.312 e. The molecule has 1 aliphatic heterocycles. The van der Waals surface area contributed by atoms with Crippen molar-refractivity contribution in [3.8, 4) is 27.9 Å². The lowest BCUT2D eigenvalue weighted by Crippen LogP contribution is -2.10. The van der Waals surface area contributed by atoms with Crippen LogP contribution in [0.2, 0.25) is 0 Å². The van der Waals surface area contributed by atoms with Crippen LogP contribution < -0.4 is 0 Å². The number of hydrogen-bond donors (Lipinski definition) is 0. The molecular weight excluding hydrogens is 338 g/mol. The minimum atomic E-state index is 0.0457. The molecule has 0 fully saturated rings. The molecule has 0 N–H and O–H groups in total. The molecule has 6 rings (SSSR count). The number of aromatic nitrogens is 1. The second-order valence-corrected chi connectivity index (χ2v) is 7.60. The predicted octanol–water partition coefficient (Wildman–Crippen LogP) is 6.45. The molecule has 1 aliphatic carbocycles. The van der Waals surface area contributed by atoms with E-state index < -0.39 is 0 Å². The van der Waals surface area contributed by atoms with Crippen LogP contribution in [-0.4, -0.2) is 9.94 Å². The number of benzene rings is 3. The average molecular weight is 354 g/mol. The molecule has 1 nitrogen and oxygen atoms in total. The molecule has 4 aromatic rings. The molecule has 0 spiro atoms. The molecule has 0 saturated carbocycles. The van der Waals surface area contributed by atoms with Gasteiger partial charge in [-0.25, -0.2) is 0 Å². The van der Waals surface area contributed by atoms with E-state index in [1.807, 2.05) is 0 Å². The monoisotopic (exact) mass is 353 g/mol. The molecule has 3 aromatic carbocycles. The summed E-state index contributed by atoms with van der Waals surface area (Å²) in [6.45, 7) is 0. The fourth-order valence-electron chi connectivity index (χ4n) is 4.59. The van der Waals surface area contributed by atoms with Crippen molar-refractivity contribution in [1.29, 1.82) is 0 Å². The number of allylic oxidation sites excluding steroid dienone is 1. The van der Waals surface area contributed by atoms with Crippen LogP contribution in [0.3, 0.4) is 0 Å². The van der Waals surface area contributed by atoms with Gasteiger partial charge >= 0.3 is 0 Å². The number of fused-ring (bicyclic) bond motifs is 8. The standard InChI is InChI=1S/C24H16ClN/c25-15-12-13-19-21-10-5-9-20-17-7-2-1-6-16(17)18-8-3-4-11-22(18)26(24(20)21)23(19)14-15/h1-13,15H,14H2. The third-order valence-corrected chi connectivity index (χ3v) is 5.94. The van der Waals surface area contributed by atoms with Gasteiger partial charge in [-0.1, -0.05) is 72.8 Å². The zero-order valence-corrected chi connectivity index (χ0v) is 14.9. The van der Waals surface area contributed by atoms with Crippen molar-refractivity contribution in [1.82, 2.24) is 4.57 Å². The Hall–Kier alpha value is -2.77. The van der Waals surface area contributed by atoms with E-state index in [0.717, 1.165) is 6.42 Å². The van der Waals surface area contributed by atoms with E-state index in [2.05, 4.69) is 83.4 Å². The van der Waals surface area contributed by atoms with Crippen LogP contribution in [0, 0.1) is 0 Å². The lowest BCUT2D eigenvalue weighted by Gasteiger charge is -2.17. The molecule has 0 saturated heterocycles. The summed E-state index contributed by atoms with van der Waals surface area (Å²) in [7, 11) is 0. The van der Waals surface area contributed by atoms with Crippen LogP contribution in [0.4, 0.5) is 0 Å². The lowest BCUT2D eigenvalue weighted by atomic mass is 9.93. The third kappa shape index (κ3) is 1.76. The number of para-hydroxylation sites is 2. The van der Waals surface area contributed by atoms with Gasteiger partial charge in [0.05, 0.1) is 16.6 Å². The van der Waals surface area contributed by atoms with Crippen molar-refractivity contribution in [2.75, 3.05) is 0 Å². The van der Waals surface area contributed by atoms with Gasteiger partial charge < -0.3 is 4.57 Å². The van der Waals surface area contributed by atoms with Crippen LogP contribution in [0.25, 0.3) is 44.9 Å². The second-order valence-electron chi connectivity index (χ2n) is 7.04. The van der Waals surface area contributed by atoms with Gasteiger partial charge in [0.2, 0.25) is 0 Å². The zero-order valence-electron chi connectivity index (χ0n) is 14.1. The first-order valence-corrected chi connectivity index (χ1v) is 9.44. The fourth-order valence-corrected chi connectivity index (χ4v) is 4.80. The van der Waals surface area contributed by atoms with Crippen molar-refractivity contribution >= 4 is 28.6 Å². The Bertz CT molecular complexity index is 1230. The molecule has 2 heteroatoms. The molecule has 124 valence electrons. The van der Waals surface area contributed by atoms with Gasteiger partial charge in [0.25, 0.3) is 0 Å². The Labute approximate surface area is 157 Å². The summed E-state index contributed by atoms with van der Waals surface area (Å²) in [5.74, 6) is 0. The summed E-state index contributed by atoms with van der Waals surface area (Å²) in [5.41, 5.74) is 10.3. The van der Waals surface area contributed by atoms with Gasteiger partial charge in [-0.3, -0.25) is 0 Å². The lowest BCUT2D eigenvalue weighted by molar-refractivity contribution is 0.895. The van der Waals surface area contributed by atoms with Crippen LogP contribution in [-0.2, 0) is 6.42 Å². The smallest absolute Gasteiger partial charge is 0.0616 e. The Balaban J connectivity index is 1.89. The van der Waals surface area contributed by atoms with E-state index in [1.54, 1.807) is 0 Å². The van der Waals surface area contributed by atoms with E-state index >= 15 is 0 Å². The number of alkyl halides is 1. The first-order chi connectivity index (χ1) is 12.8. The Morgan fingerprint density at radius 2 is 1.46 bits per heavy atom. The Morgan fingerprint density at radius 3 is 2.31 bits per heavy atom. The van der Waals surface area contributed by atoms with Gasteiger partial charge in [0.1, 0.15) is 0 Å². The SMILES string of the molecule is ClC1C=Cc2c(n3c4c(cccc24)-c2ccccc2-c2ccccc2-3)C1. The van der Waals surface area contributed by atoms with Gasteiger partial charge in [-0.05, 0) is 17.2 Å². The van der Waals surface area contributed by atoms with Crippen molar-refractivity contribution in [3.63, 3.8) is 0 Å². The molecule has 1 atom stereocenters. The zero-order chi connectivity index (χ0) is 17.3. The van der Waals surface area contributed by atoms with Crippen molar-refractivity contribution < 1.29 is 0 Å². The molecule has 26 heavy (non-hydrogen) atoms. The average Bonchev–Trinajstić information content (AvgIpc) is 2.94. The maximum atomic E-state index is 6.52. The highest BCUT2D eigenvalue weighted by molar-refractivity contribution is 6.22.